The second-order valence-electron chi connectivity index (χ2n) is 9.90. The fraction of sp³-hybridized carbons (Fsp3) is 0.250. The van der Waals surface area contributed by atoms with Gasteiger partial charge in [0.2, 0.25) is 0 Å². The molecular formula is C28H24F3IN6O3S. The number of aromatic amines is 1. The van der Waals surface area contributed by atoms with Crippen LogP contribution in [0.1, 0.15) is 30.3 Å². The van der Waals surface area contributed by atoms with E-state index in [2.05, 4.69) is 24.6 Å². The molecular weight excluding hydrogens is 684 g/mol. The average Bonchev–Trinajstić information content (AvgIpc) is 3.52. The Balaban J connectivity index is 1.22. The van der Waals surface area contributed by atoms with E-state index in [1.54, 1.807) is 42.5 Å². The molecule has 6 rings (SSSR count). The molecule has 9 nitrogen and oxygen atoms in total. The van der Waals surface area contributed by atoms with E-state index in [0.717, 1.165) is 18.7 Å². The molecule has 0 amide bonds. The van der Waals surface area contributed by atoms with Crippen LogP contribution in [-0.2, 0) is 10.0 Å². The number of aromatic nitrogens is 5. The maximum Gasteiger partial charge on any atom is 0.573 e. The number of nitrogens with zero attached hydrogens (tertiary/aromatic N) is 5. The highest BCUT2D eigenvalue weighted by atomic mass is 127. The smallest absolute Gasteiger partial charge is 0.406 e. The van der Waals surface area contributed by atoms with Crippen molar-refractivity contribution in [3.05, 3.63) is 82.2 Å². The van der Waals surface area contributed by atoms with Gasteiger partial charge in [-0.3, -0.25) is 0 Å². The van der Waals surface area contributed by atoms with Crippen LogP contribution < -0.4 is 9.64 Å². The van der Waals surface area contributed by atoms with Crippen molar-refractivity contribution in [2.45, 2.75) is 36.9 Å². The van der Waals surface area contributed by atoms with Crippen LogP contribution in [0.25, 0.3) is 22.3 Å². The largest absolute Gasteiger partial charge is 0.573 e. The lowest BCUT2D eigenvalue weighted by molar-refractivity contribution is -0.274. The van der Waals surface area contributed by atoms with Gasteiger partial charge in [-0.2, -0.15) is 0 Å². The Morgan fingerprint density at radius 3 is 2.48 bits per heavy atom. The standard InChI is InChI=1S/C28H24F3IN6O3S/c1-17-24(19-6-5-7-20(14-19)41-28(29,30)31)36-25(35-17)18-10-12-37(13-11-18)26-22-15-23(32)38(27(22)34-16-33-26)42(39,40)21-8-3-2-4-9-21/h2-9,14-16,18H,10-13H2,1H3,(H,35,36). The first-order chi connectivity index (χ1) is 20.0. The third-order valence-corrected chi connectivity index (χ3v) is 10.1. The maximum absolute atomic E-state index is 13.4. The van der Waals surface area contributed by atoms with Crippen molar-refractivity contribution in [1.82, 2.24) is 23.9 Å². The first-order valence-corrected chi connectivity index (χ1v) is 15.5. The van der Waals surface area contributed by atoms with Crippen molar-refractivity contribution in [2.75, 3.05) is 18.0 Å². The number of halogens is 4. The lowest BCUT2D eigenvalue weighted by atomic mass is 9.96. The zero-order valence-corrected chi connectivity index (χ0v) is 25.1. The minimum absolute atomic E-state index is 0.101. The zero-order valence-electron chi connectivity index (χ0n) is 22.1. The number of anilines is 1. The third kappa shape index (κ3) is 5.44. The van der Waals surface area contributed by atoms with Crippen LogP contribution in [0.4, 0.5) is 19.0 Å². The van der Waals surface area contributed by atoms with Crippen LogP contribution in [0.5, 0.6) is 5.75 Å². The highest BCUT2D eigenvalue weighted by Crippen LogP contribution is 2.36. The topological polar surface area (TPSA) is 106 Å². The highest BCUT2D eigenvalue weighted by molar-refractivity contribution is 14.1. The van der Waals surface area contributed by atoms with Crippen molar-refractivity contribution < 1.29 is 26.3 Å². The quantitative estimate of drug-likeness (QED) is 0.208. The van der Waals surface area contributed by atoms with Gasteiger partial charge in [0.25, 0.3) is 10.0 Å². The molecule has 0 atom stereocenters. The number of hydrogen-bond acceptors (Lipinski definition) is 7. The second kappa shape index (κ2) is 10.9. The molecule has 0 saturated carbocycles. The predicted octanol–water partition coefficient (Wildman–Crippen LogP) is 6.25. The van der Waals surface area contributed by atoms with Crippen molar-refractivity contribution in [1.29, 1.82) is 0 Å². The summed E-state index contributed by atoms with van der Waals surface area (Å²) in [5.74, 6) is 1.24. The Hall–Kier alpha value is -3.66. The lowest BCUT2D eigenvalue weighted by Crippen LogP contribution is -2.34. The van der Waals surface area contributed by atoms with Crippen LogP contribution in [0.2, 0.25) is 0 Å². The van der Waals surface area contributed by atoms with Crippen LogP contribution in [0.15, 0.2) is 71.9 Å². The number of aryl methyl sites for hydroxylation is 1. The fourth-order valence-corrected chi connectivity index (χ4v) is 7.98. The van der Waals surface area contributed by atoms with Gasteiger partial charge in [-0.05, 0) is 72.7 Å². The molecule has 4 heterocycles. The second-order valence-corrected chi connectivity index (χ2v) is 12.8. The fourth-order valence-electron chi connectivity index (χ4n) is 5.30. The number of H-pyrrole nitrogens is 1. The molecule has 0 radical (unpaired) electrons. The number of nitrogens with one attached hydrogen (secondary N) is 1. The Morgan fingerprint density at radius 1 is 1.02 bits per heavy atom. The molecule has 42 heavy (non-hydrogen) atoms. The zero-order chi connectivity index (χ0) is 29.6. The SMILES string of the molecule is Cc1nc(C2CCN(c3ncnc4c3cc(I)n4S(=O)(=O)c3ccccc3)CC2)[nH]c1-c1cccc(OC(F)(F)F)c1. The lowest BCUT2D eigenvalue weighted by Gasteiger charge is -2.32. The van der Waals surface area contributed by atoms with Crippen molar-refractivity contribution in [3.8, 4) is 17.0 Å². The number of alkyl halides is 3. The molecule has 1 saturated heterocycles. The van der Waals surface area contributed by atoms with E-state index >= 15 is 0 Å². The van der Waals surface area contributed by atoms with Gasteiger partial charge in [-0.15, -0.1) is 13.2 Å². The predicted molar refractivity (Wildman–Crippen MR) is 159 cm³/mol. The molecule has 3 aromatic heterocycles. The first kappa shape index (κ1) is 28.5. The number of imidazole rings is 1. The van der Waals surface area contributed by atoms with E-state index in [0.29, 0.717) is 50.6 Å². The van der Waals surface area contributed by atoms with Gasteiger partial charge in [-0.25, -0.2) is 27.3 Å². The Labute approximate surface area is 253 Å². The Kier molecular flexibility index (Phi) is 7.37. The van der Waals surface area contributed by atoms with Crippen LogP contribution in [0.3, 0.4) is 0 Å². The number of fused-ring (bicyclic) bond motifs is 1. The summed E-state index contributed by atoms with van der Waals surface area (Å²) in [5.41, 5.74) is 2.20. The van der Waals surface area contributed by atoms with Gasteiger partial charge < -0.3 is 14.6 Å². The average molecular weight is 709 g/mol. The van der Waals surface area contributed by atoms with Crippen molar-refractivity contribution in [2.24, 2.45) is 0 Å². The summed E-state index contributed by atoms with van der Waals surface area (Å²) < 4.78 is 70.8. The normalized spacial score (nSPS) is 14.9. The molecule has 1 aliphatic rings. The maximum atomic E-state index is 13.4. The molecule has 14 heteroatoms. The van der Waals surface area contributed by atoms with E-state index < -0.39 is 16.4 Å². The summed E-state index contributed by atoms with van der Waals surface area (Å²) in [4.78, 5) is 19.2. The summed E-state index contributed by atoms with van der Waals surface area (Å²) in [6.45, 7) is 3.11. The Bertz CT molecular complexity index is 1870. The third-order valence-electron chi connectivity index (χ3n) is 7.21. The molecule has 1 N–H and O–H groups in total. The number of piperidine rings is 1. The molecule has 0 unspecified atom stereocenters. The van der Waals surface area contributed by atoms with E-state index in [4.69, 9.17) is 4.98 Å². The molecule has 5 aromatic rings. The molecule has 1 fully saturated rings. The van der Waals surface area contributed by atoms with Crippen LogP contribution in [0, 0.1) is 10.6 Å². The number of hydrogen-bond donors (Lipinski definition) is 1. The number of benzene rings is 2. The van der Waals surface area contributed by atoms with Crippen molar-refractivity contribution in [3.63, 3.8) is 0 Å². The summed E-state index contributed by atoms with van der Waals surface area (Å²) >= 11 is 2.00. The summed E-state index contributed by atoms with van der Waals surface area (Å²) in [6.07, 6.45) is -1.90. The van der Waals surface area contributed by atoms with E-state index in [1.807, 2.05) is 29.5 Å². The van der Waals surface area contributed by atoms with Gasteiger partial charge >= 0.3 is 6.36 Å². The van der Waals surface area contributed by atoms with Gasteiger partial charge in [0.1, 0.15) is 23.7 Å². The summed E-state index contributed by atoms with van der Waals surface area (Å²) in [6, 6.07) is 15.8. The molecule has 0 bridgehead atoms. The van der Waals surface area contributed by atoms with Gasteiger partial charge in [0.05, 0.1) is 25.4 Å². The minimum Gasteiger partial charge on any atom is -0.406 e. The van der Waals surface area contributed by atoms with Crippen molar-refractivity contribution >= 4 is 49.5 Å². The van der Waals surface area contributed by atoms with Crippen LogP contribution >= 0.6 is 22.6 Å². The molecule has 218 valence electrons. The van der Waals surface area contributed by atoms with E-state index in [-0.39, 0.29) is 16.6 Å². The molecule has 0 spiro atoms. The summed E-state index contributed by atoms with van der Waals surface area (Å²) in [5, 5.41) is 0.650. The molecule has 0 aliphatic carbocycles. The number of rotatable bonds is 6. The van der Waals surface area contributed by atoms with Crippen LogP contribution in [-0.4, -0.2) is 51.8 Å². The minimum atomic E-state index is -4.77. The summed E-state index contributed by atoms with van der Waals surface area (Å²) in [7, 11) is -3.86. The first-order valence-electron chi connectivity index (χ1n) is 13.0. The van der Waals surface area contributed by atoms with E-state index in [1.165, 1.54) is 28.5 Å². The van der Waals surface area contributed by atoms with Gasteiger partial charge in [0, 0.05) is 24.6 Å². The molecule has 1 aliphatic heterocycles. The van der Waals surface area contributed by atoms with E-state index in [9.17, 15) is 21.6 Å². The highest BCUT2D eigenvalue weighted by Gasteiger charge is 2.32. The van der Waals surface area contributed by atoms with Gasteiger partial charge in [-0.1, -0.05) is 30.3 Å². The Morgan fingerprint density at radius 2 is 1.76 bits per heavy atom. The van der Waals surface area contributed by atoms with Gasteiger partial charge in [0.15, 0.2) is 5.65 Å². The molecule has 2 aromatic carbocycles. The number of ether oxygens (including phenoxy) is 1. The monoisotopic (exact) mass is 708 g/mol.